The van der Waals surface area contributed by atoms with Gasteiger partial charge in [-0.3, -0.25) is 0 Å². The summed E-state index contributed by atoms with van der Waals surface area (Å²) in [7, 11) is -1.29. The first-order valence-corrected chi connectivity index (χ1v) is 8.86. The van der Waals surface area contributed by atoms with Crippen LogP contribution < -0.4 is 10.5 Å². The first-order chi connectivity index (χ1) is 9.50. The Morgan fingerprint density at radius 3 is 2.65 bits per heavy atom. The molecule has 4 nitrogen and oxygen atoms in total. The SMILES string of the molecule is CCCS(=O)(=O)CCC(CN)Cc1cccc(OC)c1. The van der Waals surface area contributed by atoms with E-state index in [9.17, 15) is 8.42 Å². The van der Waals surface area contributed by atoms with Crippen LogP contribution in [0, 0.1) is 5.92 Å². The van der Waals surface area contributed by atoms with Gasteiger partial charge >= 0.3 is 0 Å². The van der Waals surface area contributed by atoms with E-state index in [0.29, 0.717) is 19.4 Å². The third-order valence-corrected chi connectivity index (χ3v) is 5.23. The molecule has 0 heterocycles. The predicted octanol–water partition coefficient (Wildman–Crippen LogP) is 2.03. The largest absolute Gasteiger partial charge is 0.497 e. The second-order valence-electron chi connectivity index (χ2n) is 5.10. The van der Waals surface area contributed by atoms with Crippen LogP contribution in [-0.2, 0) is 16.3 Å². The molecular formula is C15H25NO3S. The Hall–Kier alpha value is -1.07. The Morgan fingerprint density at radius 2 is 2.05 bits per heavy atom. The molecule has 1 aromatic rings. The fourth-order valence-electron chi connectivity index (χ4n) is 2.20. The predicted molar refractivity (Wildman–Crippen MR) is 82.8 cm³/mol. The lowest BCUT2D eigenvalue weighted by atomic mass is 9.97. The normalized spacial score (nSPS) is 13.2. The minimum atomic E-state index is -2.92. The summed E-state index contributed by atoms with van der Waals surface area (Å²) < 4.78 is 28.7. The molecule has 2 N–H and O–H groups in total. The average Bonchev–Trinajstić information content (AvgIpc) is 2.43. The Kier molecular flexibility index (Phi) is 7.02. The molecule has 0 saturated heterocycles. The molecule has 1 aromatic carbocycles. The van der Waals surface area contributed by atoms with Crippen molar-refractivity contribution < 1.29 is 13.2 Å². The summed E-state index contributed by atoms with van der Waals surface area (Å²) in [6.45, 7) is 2.38. The van der Waals surface area contributed by atoms with Gasteiger partial charge in [0.1, 0.15) is 15.6 Å². The zero-order chi connectivity index (χ0) is 15.0. The van der Waals surface area contributed by atoms with Crippen molar-refractivity contribution in [2.45, 2.75) is 26.2 Å². The first-order valence-electron chi connectivity index (χ1n) is 7.04. The van der Waals surface area contributed by atoms with Crippen LogP contribution in [0.25, 0.3) is 0 Å². The van der Waals surface area contributed by atoms with Gasteiger partial charge in [-0.2, -0.15) is 0 Å². The van der Waals surface area contributed by atoms with Gasteiger partial charge in [-0.15, -0.1) is 0 Å². The molecule has 0 aliphatic heterocycles. The molecule has 0 saturated carbocycles. The van der Waals surface area contributed by atoms with Crippen molar-refractivity contribution in [3.8, 4) is 5.75 Å². The van der Waals surface area contributed by atoms with Gasteiger partial charge in [0, 0.05) is 5.75 Å². The van der Waals surface area contributed by atoms with E-state index in [-0.39, 0.29) is 17.4 Å². The van der Waals surface area contributed by atoms with E-state index in [1.54, 1.807) is 7.11 Å². The molecule has 0 radical (unpaired) electrons. The topological polar surface area (TPSA) is 69.4 Å². The van der Waals surface area contributed by atoms with E-state index < -0.39 is 9.84 Å². The van der Waals surface area contributed by atoms with Crippen molar-refractivity contribution in [3.63, 3.8) is 0 Å². The van der Waals surface area contributed by atoms with Crippen molar-refractivity contribution in [3.05, 3.63) is 29.8 Å². The Bertz CT molecular complexity index is 500. The van der Waals surface area contributed by atoms with E-state index in [1.807, 2.05) is 31.2 Å². The Labute approximate surface area is 122 Å². The third kappa shape index (κ3) is 5.92. The van der Waals surface area contributed by atoms with Crippen LogP contribution in [0.4, 0.5) is 0 Å². The number of nitrogens with two attached hydrogens (primary N) is 1. The van der Waals surface area contributed by atoms with Crippen LogP contribution in [0.3, 0.4) is 0 Å². The maximum absolute atomic E-state index is 11.7. The van der Waals surface area contributed by atoms with Gasteiger partial charge in [-0.1, -0.05) is 19.1 Å². The number of sulfone groups is 1. The van der Waals surface area contributed by atoms with Crippen molar-refractivity contribution >= 4 is 9.84 Å². The Morgan fingerprint density at radius 1 is 1.30 bits per heavy atom. The highest BCUT2D eigenvalue weighted by atomic mass is 32.2. The summed E-state index contributed by atoms with van der Waals surface area (Å²) in [6.07, 6.45) is 2.08. The van der Waals surface area contributed by atoms with Gasteiger partial charge in [0.25, 0.3) is 0 Å². The highest BCUT2D eigenvalue weighted by Crippen LogP contribution is 2.18. The maximum Gasteiger partial charge on any atom is 0.150 e. The van der Waals surface area contributed by atoms with Crippen LogP contribution in [-0.4, -0.2) is 33.6 Å². The summed E-state index contributed by atoms with van der Waals surface area (Å²) in [5.74, 6) is 1.50. The van der Waals surface area contributed by atoms with E-state index in [4.69, 9.17) is 10.5 Å². The summed E-state index contributed by atoms with van der Waals surface area (Å²) in [5.41, 5.74) is 6.90. The van der Waals surface area contributed by atoms with Crippen molar-refractivity contribution in [2.24, 2.45) is 11.7 Å². The fraction of sp³-hybridized carbons (Fsp3) is 0.600. The monoisotopic (exact) mass is 299 g/mol. The van der Waals surface area contributed by atoms with Crippen LogP contribution in [0.1, 0.15) is 25.3 Å². The molecule has 0 aromatic heterocycles. The molecule has 5 heteroatoms. The van der Waals surface area contributed by atoms with E-state index in [0.717, 1.165) is 17.7 Å². The van der Waals surface area contributed by atoms with Crippen molar-refractivity contribution in [1.82, 2.24) is 0 Å². The molecule has 0 bridgehead atoms. The lowest BCUT2D eigenvalue weighted by Crippen LogP contribution is -2.21. The molecule has 1 atom stereocenters. The summed E-state index contributed by atoms with van der Waals surface area (Å²) in [4.78, 5) is 0. The van der Waals surface area contributed by atoms with Crippen LogP contribution in [0.5, 0.6) is 5.75 Å². The van der Waals surface area contributed by atoms with E-state index >= 15 is 0 Å². The molecule has 1 rings (SSSR count). The van der Waals surface area contributed by atoms with E-state index in [2.05, 4.69) is 0 Å². The zero-order valence-corrected chi connectivity index (χ0v) is 13.2. The third-order valence-electron chi connectivity index (χ3n) is 3.34. The second-order valence-corrected chi connectivity index (χ2v) is 7.40. The van der Waals surface area contributed by atoms with Gasteiger partial charge < -0.3 is 10.5 Å². The molecule has 0 aliphatic rings. The zero-order valence-electron chi connectivity index (χ0n) is 12.3. The van der Waals surface area contributed by atoms with Gasteiger partial charge in [0.15, 0.2) is 0 Å². The van der Waals surface area contributed by atoms with Crippen molar-refractivity contribution in [2.75, 3.05) is 25.2 Å². The highest BCUT2D eigenvalue weighted by molar-refractivity contribution is 7.91. The number of benzene rings is 1. The average molecular weight is 299 g/mol. The minimum absolute atomic E-state index is 0.189. The Balaban J connectivity index is 2.58. The van der Waals surface area contributed by atoms with Crippen LogP contribution in [0.2, 0.25) is 0 Å². The quantitative estimate of drug-likeness (QED) is 0.757. The standard InChI is InChI=1S/C15H25NO3S/c1-3-8-20(17,18)9-7-14(12-16)10-13-5-4-6-15(11-13)19-2/h4-6,11,14H,3,7-10,12,16H2,1-2H3. The van der Waals surface area contributed by atoms with Crippen LogP contribution >= 0.6 is 0 Å². The molecule has 0 amide bonds. The van der Waals surface area contributed by atoms with Gasteiger partial charge in [-0.25, -0.2) is 8.42 Å². The molecule has 1 unspecified atom stereocenters. The van der Waals surface area contributed by atoms with Gasteiger partial charge in [-0.05, 0) is 49.4 Å². The van der Waals surface area contributed by atoms with Gasteiger partial charge in [0.2, 0.25) is 0 Å². The second kappa shape index (κ2) is 8.27. The van der Waals surface area contributed by atoms with E-state index in [1.165, 1.54) is 0 Å². The number of ether oxygens (including phenoxy) is 1. The smallest absolute Gasteiger partial charge is 0.150 e. The summed E-state index contributed by atoms with van der Waals surface area (Å²) in [5, 5.41) is 0. The lowest BCUT2D eigenvalue weighted by molar-refractivity contribution is 0.413. The maximum atomic E-state index is 11.7. The van der Waals surface area contributed by atoms with Gasteiger partial charge in [0.05, 0.1) is 12.9 Å². The molecule has 0 spiro atoms. The highest BCUT2D eigenvalue weighted by Gasteiger charge is 2.15. The molecular weight excluding hydrogens is 274 g/mol. The molecule has 20 heavy (non-hydrogen) atoms. The first kappa shape index (κ1) is 17.0. The number of hydrogen-bond donors (Lipinski definition) is 1. The van der Waals surface area contributed by atoms with Crippen molar-refractivity contribution in [1.29, 1.82) is 0 Å². The fourth-order valence-corrected chi connectivity index (χ4v) is 3.71. The number of methoxy groups -OCH3 is 1. The number of hydrogen-bond acceptors (Lipinski definition) is 4. The molecule has 0 fully saturated rings. The lowest BCUT2D eigenvalue weighted by Gasteiger charge is -2.15. The summed E-state index contributed by atoms with van der Waals surface area (Å²) >= 11 is 0. The molecule has 114 valence electrons. The summed E-state index contributed by atoms with van der Waals surface area (Å²) in [6, 6.07) is 7.83. The van der Waals surface area contributed by atoms with Crippen LogP contribution in [0.15, 0.2) is 24.3 Å². The molecule has 0 aliphatic carbocycles. The number of rotatable bonds is 9. The minimum Gasteiger partial charge on any atom is -0.497 e.